The van der Waals surface area contributed by atoms with Gasteiger partial charge in [0.15, 0.2) is 0 Å². The number of hydrogen-bond acceptors (Lipinski definition) is 9. The summed E-state index contributed by atoms with van der Waals surface area (Å²) in [6.07, 6.45) is 0. The molecule has 0 radical (unpaired) electrons. The van der Waals surface area contributed by atoms with Gasteiger partial charge in [0.2, 0.25) is 27.6 Å². The summed E-state index contributed by atoms with van der Waals surface area (Å²) in [4.78, 5) is 11.3. The summed E-state index contributed by atoms with van der Waals surface area (Å²) >= 11 is 9.48. The maximum absolute atomic E-state index is 11.6. The second kappa shape index (κ2) is 8.69. The van der Waals surface area contributed by atoms with Gasteiger partial charge >= 0.3 is 10.4 Å². The first-order valence-electron chi connectivity index (χ1n) is 6.34. The number of aromatic nitrogens is 3. The maximum Gasteiger partial charge on any atom is 0.397 e. The zero-order chi connectivity index (χ0) is 18.4. The summed E-state index contributed by atoms with van der Waals surface area (Å²) in [5.74, 6) is 0.161. The third kappa shape index (κ3) is 7.46. The van der Waals surface area contributed by atoms with Gasteiger partial charge in [-0.05, 0) is 47.5 Å². The molecule has 0 saturated carbocycles. The van der Waals surface area contributed by atoms with Gasteiger partial charge in [-0.25, -0.2) is 8.39 Å². The number of rotatable bonds is 8. The van der Waals surface area contributed by atoms with Gasteiger partial charge < -0.3 is 9.50 Å². The summed E-state index contributed by atoms with van der Waals surface area (Å²) in [7, 11) is -4.57. The molecule has 0 bridgehead atoms. The van der Waals surface area contributed by atoms with Crippen LogP contribution in [0.15, 0.2) is 24.3 Å². The Morgan fingerprint density at radius 2 is 1.72 bits per heavy atom. The lowest BCUT2D eigenvalue weighted by atomic mass is 10.3. The lowest BCUT2D eigenvalue weighted by molar-refractivity contribution is 0.283. The fourth-order valence-electron chi connectivity index (χ4n) is 1.46. The monoisotopic (exact) mass is 428 g/mol. The van der Waals surface area contributed by atoms with Gasteiger partial charge in [-0.2, -0.15) is 23.4 Å². The van der Waals surface area contributed by atoms with Crippen molar-refractivity contribution in [1.29, 1.82) is 0 Å². The van der Waals surface area contributed by atoms with Crippen LogP contribution in [0.4, 0.5) is 11.6 Å². The van der Waals surface area contributed by atoms with Crippen molar-refractivity contribution in [3.05, 3.63) is 34.8 Å². The number of nitrogens with one attached hydrogen (secondary N) is 1. The highest BCUT2D eigenvalue weighted by Gasteiger charge is 2.09. The molecule has 1 unspecified atom stereocenters. The minimum atomic E-state index is -4.57. The lowest BCUT2D eigenvalue weighted by Crippen LogP contribution is -2.14. The van der Waals surface area contributed by atoms with Crippen LogP contribution in [0.25, 0.3) is 0 Å². The molecule has 14 heteroatoms. The molecule has 25 heavy (non-hydrogen) atoms. The largest absolute Gasteiger partial charge is 0.400 e. The van der Waals surface area contributed by atoms with E-state index in [0.29, 0.717) is 5.69 Å². The molecule has 1 heterocycles. The third-order valence-corrected chi connectivity index (χ3v) is 4.04. The van der Waals surface area contributed by atoms with Crippen LogP contribution in [-0.2, 0) is 25.7 Å². The van der Waals surface area contributed by atoms with E-state index in [-0.39, 0.29) is 28.0 Å². The minimum absolute atomic E-state index is 0.0648. The number of benzene rings is 1. The second-order valence-corrected chi connectivity index (χ2v) is 7.14. The number of hydrogen-bond donors (Lipinski definition) is 2. The van der Waals surface area contributed by atoms with Crippen molar-refractivity contribution < 1.29 is 25.5 Å². The van der Waals surface area contributed by atoms with Gasteiger partial charge in [-0.1, -0.05) is 0 Å². The van der Waals surface area contributed by atoms with Gasteiger partial charge in [0, 0.05) is 5.69 Å². The van der Waals surface area contributed by atoms with Crippen LogP contribution in [0.3, 0.4) is 0 Å². The van der Waals surface area contributed by atoms with E-state index < -0.39 is 28.1 Å². The summed E-state index contributed by atoms with van der Waals surface area (Å²) in [6.45, 7) is -0.480. The number of nitrogens with zero attached hydrogens (tertiary/aromatic N) is 3. The molecule has 1 aromatic heterocycles. The van der Waals surface area contributed by atoms with Gasteiger partial charge in [0.25, 0.3) is 0 Å². The molecule has 0 aliphatic rings. The zero-order valence-electron chi connectivity index (χ0n) is 12.1. The minimum Gasteiger partial charge on any atom is -0.400 e. The van der Waals surface area contributed by atoms with Crippen molar-refractivity contribution in [1.82, 2.24) is 15.0 Å². The van der Waals surface area contributed by atoms with Gasteiger partial charge in [0.05, 0.1) is 12.4 Å². The van der Waals surface area contributed by atoms with Crippen molar-refractivity contribution in [2.75, 3.05) is 17.7 Å². The van der Waals surface area contributed by atoms with E-state index in [1.54, 1.807) is 12.1 Å². The highest BCUT2D eigenvalue weighted by molar-refractivity contribution is 7.81. The second-order valence-electron chi connectivity index (χ2n) is 4.19. The smallest absolute Gasteiger partial charge is 0.397 e. The highest BCUT2D eigenvalue weighted by Crippen LogP contribution is 2.20. The van der Waals surface area contributed by atoms with E-state index >= 15 is 0 Å². The first-order chi connectivity index (χ1) is 11.7. The van der Waals surface area contributed by atoms with Crippen molar-refractivity contribution in [3.63, 3.8) is 0 Å². The Morgan fingerprint density at radius 1 is 1.12 bits per heavy atom. The van der Waals surface area contributed by atoms with Gasteiger partial charge in [-0.15, -0.1) is 0 Å². The Morgan fingerprint density at radius 3 is 2.28 bits per heavy atom. The molecule has 136 valence electrons. The fraction of sp³-hybridized carbons (Fsp3) is 0.182. The fourth-order valence-corrected chi connectivity index (χ4v) is 2.85. The predicted octanol–water partition coefficient (Wildman–Crippen LogP) is 1.78. The Balaban J connectivity index is 1.90. The van der Waals surface area contributed by atoms with Crippen LogP contribution < -0.4 is 9.50 Å². The first-order valence-corrected chi connectivity index (χ1v) is 9.70. The van der Waals surface area contributed by atoms with E-state index in [1.807, 2.05) is 0 Å². The molecule has 0 aliphatic heterocycles. The Labute approximate surface area is 155 Å². The maximum atomic E-state index is 11.6. The molecule has 0 fully saturated rings. The molecule has 1 aromatic carbocycles. The highest BCUT2D eigenvalue weighted by atomic mass is 35.5. The van der Waals surface area contributed by atoms with E-state index in [2.05, 4.69) is 24.5 Å². The standard InChI is InChI=1S/C11H10Cl2N4O6S2/c12-9-15-10(13)17-11(16-9)14-7-1-3-8(4-2-7)23-24(18)6-5-22-25(19,20)21/h1-4H,5-6H2,(H,19,20,21)(H,14,15,16,17). The first kappa shape index (κ1) is 19.8. The summed E-state index contributed by atoms with van der Waals surface area (Å²) in [5.41, 5.74) is 0.575. The molecule has 0 aliphatic carbocycles. The van der Waals surface area contributed by atoms with Crippen LogP contribution in [0, 0.1) is 0 Å². The molecule has 0 amide bonds. The topological polar surface area (TPSA) is 141 Å². The SMILES string of the molecule is O=S(CCOS(=O)(=O)O)Oc1ccc(Nc2nc(Cl)nc(Cl)n2)cc1. The lowest BCUT2D eigenvalue weighted by Gasteiger charge is -2.07. The molecule has 2 aromatic rings. The van der Waals surface area contributed by atoms with Gasteiger partial charge in [-0.3, -0.25) is 4.55 Å². The van der Waals surface area contributed by atoms with Crippen LogP contribution >= 0.6 is 23.2 Å². The van der Waals surface area contributed by atoms with E-state index in [4.69, 9.17) is 31.9 Å². The molecular formula is C11H10Cl2N4O6S2. The quantitative estimate of drug-likeness (QED) is 0.597. The van der Waals surface area contributed by atoms with Crippen molar-refractivity contribution in [2.24, 2.45) is 0 Å². The molecule has 10 nitrogen and oxygen atoms in total. The molecule has 0 spiro atoms. The van der Waals surface area contributed by atoms with Crippen molar-refractivity contribution in [3.8, 4) is 5.75 Å². The Bertz CT molecular complexity index is 845. The molecule has 1 atom stereocenters. The van der Waals surface area contributed by atoms with Gasteiger partial charge in [0.1, 0.15) is 5.75 Å². The van der Waals surface area contributed by atoms with Crippen LogP contribution in [0.2, 0.25) is 10.6 Å². The van der Waals surface area contributed by atoms with E-state index in [1.165, 1.54) is 12.1 Å². The van der Waals surface area contributed by atoms with E-state index in [0.717, 1.165) is 0 Å². The summed E-state index contributed by atoms with van der Waals surface area (Å²) < 4.78 is 49.8. The normalized spacial score (nSPS) is 12.6. The van der Waals surface area contributed by atoms with Crippen LogP contribution in [0.1, 0.15) is 0 Å². The average molecular weight is 429 g/mol. The summed E-state index contributed by atoms with van der Waals surface area (Å²) in [6, 6.07) is 6.20. The zero-order valence-corrected chi connectivity index (χ0v) is 15.3. The Hall–Kier alpha value is -1.57. The third-order valence-electron chi connectivity index (χ3n) is 2.36. The van der Waals surface area contributed by atoms with Crippen molar-refractivity contribution in [2.45, 2.75) is 0 Å². The predicted molar refractivity (Wildman–Crippen MR) is 90.7 cm³/mol. The number of halogens is 2. The average Bonchev–Trinajstić information content (AvgIpc) is 2.47. The van der Waals surface area contributed by atoms with Crippen LogP contribution in [0.5, 0.6) is 5.75 Å². The Kier molecular flexibility index (Phi) is 6.87. The number of anilines is 2. The summed E-state index contributed by atoms with van der Waals surface area (Å²) in [5, 5.41) is 2.71. The molecular weight excluding hydrogens is 419 g/mol. The molecule has 0 saturated heterocycles. The van der Waals surface area contributed by atoms with Crippen LogP contribution in [-0.4, -0.2) is 44.5 Å². The van der Waals surface area contributed by atoms with Crippen molar-refractivity contribution >= 4 is 56.3 Å². The molecule has 2 rings (SSSR count). The van der Waals surface area contributed by atoms with E-state index in [9.17, 15) is 12.6 Å². The molecule has 2 N–H and O–H groups in total.